The lowest BCUT2D eigenvalue weighted by Gasteiger charge is -2.10. The molecule has 0 aromatic carbocycles. The van der Waals surface area contributed by atoms with Crippen LogP contribution in [0.3, 0.4) is 0 Å². The van der Waals surface area contributed by atoms with E-state index in [0.29, 0.717) is 5.92 Å². The van der Waals surface area contributed by atoms with Gasteiger partial charge in [-0.15, -0.1) is 0 Å². The van der Waals surface area contributed by atoms with Gasteiger partial charge in [-0.25, -0.2) is 9.97 Å². The van der Waals surface area contributed by atoms with E-state index < -0.39 is 0 Å². The Balaban J connectivity index is 2.27. The van der Waals surface area contributed by atoms with Crippen molar-refractivity contribution in [2.24, 2.45) is 0 Å². The number of nitrogens with zero attached hydrogens (tertiary/aromatic N) is 3. The minimum absolute atomic E-state index is 0.338. The fourth-order valence-electron chi connectivity index (χ4n) is 1.45. The van der Waals surface area contributed by atoms with Crippen molar-refractivity contribution < 1.29 is 0 Å². The summed E-state index contributed by atoms with van der Waals surface area (Å²) in [7, 11) is 0. The van der Waals surface area contributed by atoms with Crippen molar-refractivity contribution >= 4 is 5.82 Å². The largest absolute Gasteiger partial charge is 0.278 e. The summed E-state index contributed by atoms with van der Waals surface area (Å²) in [5.41, 5.74) is 4.17. The summed E-state index contributed by atoms with van der Waals surface area (Å²) < 4.78 is 1.87. The molecule has 0 radical (unpaired) electrons. The van der Waals surface area contributed by atoms with E-state index in [4.69, 9.17) is 0 Å². The highest BCUT2D eigenvalue weighted by molar-refractivity contribution is 5.36. The molecule has 0 aliphatic carbocycles. The van der Waals surface area contributed by atoms with Gasteiger partial charge in [-0.3, -0.25) is 10.1 Å². The highest BCUT2D eigenvalue weighted by Crippen LogP contribution is 2.13. The maximum absolute atomic E-state index is 4.46. The van der Waals surface area contributed by atoms with Crippen LogP contribution in [0.2, 0.25) is 0 Å². The molecule has 1 N–H and O–H groups in total. The van der Waals surface area contributed by atoms with Crippen molar-refractivity contribution in [1.82, 2.24) is 14.6 Å². The van der Waals surface area contributed by atoms with E-state index in [1.165, 1.54) is 0 Å². The zero-order valence-electron chi connectivity index (χ0n) is 9.81. The summed E-state index contributed by atoms with van der Waals surface area (Å²) in [5.74, 6) is 2.03. The molecule has 0 saturated heterocycles. The summed E-state index contributed by atoms with van der Waals surface area (Å²) >= 11 is 0. The van der Waals surface area contributed by atoms with Crippen LogP contribution in [0.25, 0.3) is 0 Å². The van der Waals surface area contributed by atoms with Crippen LogP contribution in [0.4, 0.5) is 5.82 Å². The minimum atomic E-state index is 0.338. The summed E-state index contributed by atoms with van der Waals surface area (Å²) in [6, 6.07) is 5.86. The Morgan fingerprint density at radius 1 is 1.19 bits per heavy atom. The molecule has 2 heterocycles. The van der Waals surface area contributed by atoms with Gasteiger partial charge in [0.15, 0.2) is 0 Å². The van der Waals surface area contributed by atoms with Gasteiger partial charge in [0.25, 0.3) is 0 Å². The number of aromatic nitrogens is 3. The van der Waals surface area contributed by atoms with Crippen molar-refractivity contribution in [3.05, 3.63) is 42.1 Å². The molecule has 0 bridgehead atoms. The molecule has 0 spiro atoms. The summed E-state index contributed by atoms with van der Waals surface area (Å²) in [5, 5.41) is 0. The van der Waals surface area contributed by atoms with E-state index in [-0.39, 0.29) is 0 Å². The van der Waals surface area contributed by atoms with Crippen molar-refractivity contribution in [2.45, 2.75) is 26.7 Å². The lowest BCUT2D eigenvalue weighted by molar-refractivity contribution is 0.763. The molecule has 2 aromatic rings. The Labute approximate surface area is 95.3 Å². The normalized spacial score (nSPS) is 10.8. The predicted octanol–water partition coefficient (Wildman–Crippen LogP) is 2.59. The Morgan fingerprint density at radius 2 is 1.88 bits per heavy atom. The van der Waals surface area contributed by atoms with E-state index in [1.807, 2.05) is 42.2 Å². The second kappa shape index (κ2) is 4.35. The monoisotopic (exact) mass is 216 g/mol. The van der Waals surface area contributed by atoms with Crippen molar-refractivity contribution in [1.29, 1.82) is 0 Å². The SMILES string of the molecule is Cc1cc(Nn2cccc2)nc(C(C)C)n1. The number of rotatable bonds is 3. The van der Waals surface area contributed by atoms with Gasteiger partial charge >= 0.3 is 0 Å². The highest BCUT2D eigenvalue weighted by atomic mass is 15.4. The Kier molecular flexibility index (Phi) is 2.90. The van der Waals surface area contributed by atoms with E-state index in [0.717, 1.165) is 17.3 Å². The van der Waals surface area contributed by atoms with Gasteiger partial charge < -0.3 is 0 Å². The van der Waals surface area contributed by atoms with Gasteiger partial charge in [0.1, 0.15) is 11.6 Å². The topological polar surface area (TPSA) is 42.7 Å². The van der Waals surface area contributed by atoms with E-state index >= 15 is 0 Å². The van der Waals surface area contributed by atoms with Gasteiger partial charge in [0.2, 0.25) is 0 Å². The smallest absolute Gasteiger partial charge is 0.148 e. The van der Waals surface area contributed by atoms with Crippen molar-refractivity contribution in [3.63, 3.8) is 0 Å². The molecule has 4 heteroatoms. The average Bonchev–Trinajstić information content (AvgIpc) is 2.69. The number of hydrogen-bond donors (Lipinski definition) is 1. The maximum Gasteiger partial charge on any atom is 0.148 e. The standard InChI is InChI=1S/C12H16N4/c1-9(2)12-13-10(3)8-11(14-12)15-16-6-4-5-7-16/h4-9H,1-3H3,(H,13,14,15). The van der Waals surface area contributed by atoms with Gasteiger partial charge in [-0.1, -0.05) is 13.8 Å². The zero-order valence-corrected chi connectivity index (χ0v) is 9.81. The first kappa shape index (κ1) is 10.7. The third-order valence-corrected chi connectivity index (χ3v) is 2.24. The summed E-state index contributed by atoms with van der Waals surface area (Å²) in [4.78, 5) is 8.87. The lowest BCUT2D eigenvalue weighted by Crippen LogP contribution is -2.10. The van der Waals surface area contributed by atoms with Crippen LogP contribution in [0.15, 0.2) is 30.6 Å². The fourth-order valence-corrected chi connectivity index (χ4v) is 1.45. The fraction of sp³-hybridized carbons (Fsp3) is 0.333. The Hall–Kier alpha value is -1.84. The summed E-state index contributed by atoms with van der Waals surface area (Å²) in [6.45, 7) is 6.16. The molecule has 2 aromatic heterocycles. The summed E-state index contributed by atoms with van der Waals surface area (Å²) in [6.07, 6.45) is 3.87. The van der Waals surface area contributed by atoms with Crippen LogP contribution < -0.4 is 5.43 Å². The first-order chi connectivity index (χ1) is 7.65. The molecular weight excluding hydrogens is 200 g/mol. The molecule has 0 saturated carbocycles. The van der Waals surface area contributed by atoms with Gasteiger partial charge in [-0.2, -0.15) is 0 Å². The maximum atomic E-state index is 4.46. The molecule has 0 unspecified atom stereocenters. The molecule has 16 heavy (non-hydrogen) atoms. The molecule has 0 aliphatic heterocycles. The zero-order chi connectivity index (χ0) is 11.5. The molecule has 0 atom stereocenters. The van der Waals surface area contributed by atoms with E-state index in [1.54, 1.807) is 0 Å². The number of anilines is 1. The molecule has 4 nitrogen and oxygen atoms in total. The van der Waals surface area contributed by atoms with Crippen LogP contribution in [0.1, 0.15) is 31.3 Å². The Bertz CT molecular complexity index is 460. The van der Waals surface area contributed by atoms with E-state index in [9.17, 15) is 0 Å². The quantitative estimate of drug-likeness (QED) is 0.857. The highest BCUT2D eigenvalue weighted by Gasteiger charge is 2.05. The Morgan fingerprint density at radius 3 is 2.50 bits per heavy atom. The molecule has 0 amide bonds. The predicted molar refractivity (Wildman–Crippen MR) is 64.3 cm³/mol. The number of nitrogens with one attached hydrogen (secondary N) is 1. The molecule has 84 valence electrons. The van der Waals surface area contributed by atoms with Crippen LogP contribution >= 0.6 is 0 Å². The lowest BCUT2D eigenvalue weighted by atomic mass is 10.2. The van der Waals surface area contributed by atoms with Gasteiger partial charge in [0, 0.05) is 30.1 Å². The van der Waals surface area contributed by atoms with Crippen LogP contribution in [-0.2, 0) is 0 Å². The molecule has 0 aliphatic rings. The first-order valence-corrected chi connectivity index (χ1v) is 5.41. The third kappa shape index (κ3) is 2.39. The average molecular weight is 216 g/mol. The third-order valence-electron chi connectivity index (χ3n) is 2.24. The molecule has 2 rings (SSSR count). The first-order valence-electron chi connectivity index (χ1n) is 5.41. The van der Waals surface area contributed by atoms with Crippen molar-refractivity contribution in [3.8, 4) is 0 Å². The van der Waals surface area contributed by atoms with E-state index in [2.05, 4.69) is 29.2 Å². The van der Waals surface area contributed by atoms with Crippen molar-refractivity contribution in [2.75, 3.05) is 5.43 Å². The van der Waals surface area contributed by atoms with Gasteiger partial charge in [0.05, 0.1) is 0 Å². The molecule has 0 fully saturated rings. The number of hydrogen-bond acceptors (Lipinski definition) is 3. The van der Waals surface area contributed by atoms with Crippen LogP contribution in [-0.4, -0.2) is 14.6 Å². The van der Waals surface area contributed by atoms with Crippen LogP contribution in [0.5, 0.6) is 0 Å². The molecular formula is C12H16N4. The van der Waals surface area contributed by atoms with Gasteiger partial charge in [-0.05, 0) is 19.1 Å². The minimum Gasteiger partial charge on any atom is -0.278 e. The number of aryl methyl sites for hydroxylation is 1. The second-order valence-electron chi connectivity index (χ2n) is 4.11. The second-order valence-corrected chi connectivity index (χ2v) is 4.11. The van der Waals surface area contributed by atoms with Crippen LogP contribution in [0, 0.1) is 6.92 Å².